The number of rotatable bonds is 4. The van der Waals surface area contributed by atoms with Gasteiger partial charge < -0.3 is 34.0 Å². The molecular weight excluding hydrogens is 595 g/mol. The first-order valence-electron chi connectivity index (χ1n) is 7.49. The van der Waals surface area contributed by atoms with Gasteiger partial charge in [-0.25, -0.2) is 0 Å². The van der Waals surface area contributed by atoms with Crippen LogP contribution in [0.25, 0.3) is 0 Å². The van der Waals surface area contributed by atoms with Gasteiger partial charge in [-0.2, -0.15) is 0 Å². The van der Waals surface area contributed by atoms with Crippen molar-refractivity contribution in [1.82, 2.24) is 0 Å². The minimum absolute atomic E-state index is 0. The van der Waals surface area contributed by atoms with Gasteiger partial charge in [-0.1, -0.05) is 0 Å². The molecule has 0 N–H and O–H groups in total. The second-order valence-electron chi connectivity index (χ2n) is 5.59. The fourth-order valence-electron chi connectivity index (χ4n) is 2.79. The molecule has 0 unspecified atom stereocenters. The largest absolute Gasteiger partial charge is 1.00 e. The van der Waals surface area contributed by atoms with Crippen LogP contribution in [0.1, 0.15) is 20.3 Å². The van der Waals surface area contributed by atoms with Crippen molar-refractivity contribution in [2.24, 2.45) is 0 Å². The summed E-state index contributed by atoms with van der Waals surface area (Å²) in [6.07, 6.45) is 3.67. The molecule has 2 aromatic rings. The molecule has 0 amide bonds. The Morgan fingerprint density at radius 3 is 1.65 bits per heavy atom. The number of hydrogen-bond acceptors (Lipinski definition) is 0. The molecule has 0 atom stereocenters. The van der Waals surface area contributed by atoms with Gasteiger partial charge in [-0.3, -0.25) is 0 Å². The molecule has 0 spiro atoms. The van der Waals surface area contributed by atoms with Crippen molar-refractivity contribution in [1.29, 1.82) is 0 Å². The average Bonchev–Trinajstić information content (AvgIpc) is 2.86. The Kier molecular flexibility index (Phi) is 9.20. The molecular formula is C19H20Br2HfSi. The van der Waals surface area contributed by atoms with Gasteiger partial charge in [0.15, 0.2) is 0 Å². The minimum Gasteiger partial charge on any atom is -1.00 e. The molecule has 0 aromatic heterocycles. The molecule has 118 valence electrons. The molecule has 1 aliphatic carbocycles. The fraction of sp³-hybridized carbons (Fsp3) is 0.158. The first-order chi connectivity index (χ1) is 10.3. The molecule has 4 heteroatoms. The van der Waals surface area contributed by atoms with Crippen LogP contribution in [0.3, 0.4) is 0 Å². The molecule has 2 aromatic carbocycles. The normalized spacial score (nSPS) is 13.1. The van der Waals surface area contributed by atoms with Crippen molar-refractivity contribution in [3.63, 3.8) is 0 Å². The zero-order valence-electron chi connectivity index (χ0n) is 13.4. The van der Waals surface area contributed by atoms with Crippen LogP contribution in [0.5, 0.6) is 0 Å². The zero-order chi connectivity index (χ0) is 14.7. The Bertz CT molecular complexity index is 642. The Labute approximate surface area is 172 Å². The molecule has 0 saturated carbocycles. The third kappa shape index (κ3) is 5.22. The van der Waals surface area contributed by atoms with Crippen LogP contribution < -0.4 is 44.3 Å². The molecule has 3 rings (SSSR count). The van der Waals surface area contributed by atoms with Crippen LogP contribution in [-0.2, 0) is 22.1 Å². The smallest absolute Gasteiger partial charge is 1.00 e. The van der Waals surface area contributed by atoms with Gasteiger partial charge in [0.05, 0.1) is 0 Å². The predicted molar refractivity (Wildman–Crippen MR) is 90.4 cm³/mol. The van der Waals surface area contributed by atoms with Crippen LogP contribution in [0.15, 0.2) is 81.2 Å². The SMILES string of the molecule is CC1=CC[C]([Hf+2][SiH](c2ccccc2)c2ccccc2)=C1C.[Br-].[Br-]. The summed E-state index contributed by atoms with van der Waals surface area (Å²) in [5.74, 6) is -0.966. The monoisotopic (exact) mass is 614 g/mol. The summed E-state index contributed by atoms with van der Waals surface area (Å²) < 4.78 is 1.84. The van der Waals surface area contributed by atoms with Crippen molar-refractivity contribution in [2.45, 2.75) is 20.3 Å². The predicted octanol–water partition coefficient (Wildman–Crippen LogP) is -2.76. The molecule has 0 saturated heterocycles. The van der Waals surface area contributed by atoms with Gasteiger partial charge in [0, 0.05) is 0 Å². The molecule has 23 heavy (non-hydrogen) atoms. The summed E-state index contributed by atoms with van der Waals surface area (Å²) in [5.41, 5.74) is 3.13. The third-order valence-electron chi connectivity index (χ3n) is 4.24. The van der Waals surface area contributed by atoms with E-state index in [1.54, 1.807) is 15.9 Å². The average molecular weight is 615 g/mol. The summed E-state index contributed by atoms with van der Waals surface area (Å²) >= 11 is -0.794. The summed E-state index contributed by atoms with van der Waals surface area (Å²) in [6, 6.07) is 22.6. The number of hydrogen-bond donors (Lipinski definition) is 0. The van der Waals surface area contributed by atoms with E-state index in [1.807, 2.05) is 3.33 Å². The maximum Gasteiger partial charge on any atom is -1.00 e. The number of halogens is 2. The molecule has 0 heterocycles. The second kappa shape index (κ2) is 10.1. The maximum absolute atomic E-state index is 2.43. The molecule has 0 nitrogen and oxygen atoms in total. The maximum atomic E-state index is 2.43. The van der Waals surface area contributed by atoms with Gasteiger partial charge in [0.1, 0.15) is 0 Å². The van der Waals surface area contributed by atoms with Crippen molar-refractivity contribution >= 4 is 16.4 Å². The first-order valence-corrected chi connectivity index (χ1v) is 17.2. The van der Waals surface area contributed by atoms with E-state index in [0.717, 1.165) is 0 Å². The van der Waals surface area contributed by atoms with Gasteiger partial charge in [0.25, 0.3) is 0 Å². The van der Waals surface area contributed by atoms with Gasteiger partial charge in [0.2, 0.25) is 0 Å². The Hall–Kier alpha value is -0.0330. The Morgan fingerprint density at radius 1 is 0.783 bits per heavy atom. The van der Waals surface area contributed by atoms with Crippen molar-refractivity contribution in [3.8, 4) is 0 Å². The summed E-state index contributed by atoms with van der Waals surface area (Å²) in [4.78, 5) is 0. The van der Waals surface area contributed by atoms with Gasteiger partial charge in [-0.15, -0.1) is 0 Å². The van der Waals surface area contributed by atoms with Crippen LogP contribution in [-0.4, -0.2) is 5.98 Å². The quantitative estimate of drug-likeness (QED) is 0.328. The topological polar surface area (TPSA) is 0 Å². The first kappa shape index (κ1) is 21.0. The Morgan fingerprint density at radius 2 is 1.26 bits per heavy atom. The minimum atomic E-state index is -0.966. The summed E-state index contributed by atoms with van der Waals surface area (Å²) in [5, 5.41) is 3.27. The van der Waals surface area contributed by atoms with E-state index in [0.29, 0.717) is 0 Å². The summed E-state index contributed by atoms with van der Waals surface area (Å²) in [7, 11) is 0. The fourth-order valence-corrected chi connectivity index (χ4v) is 21.6. The van der Waals surface area contributed by atoms with Crippen molar-refractivity contribution in [2.75, 3.05) is 0 Å². The van der Waals surface area contributed by atoms with Crippen LogP contribution in [0, 0.1) is 0 Å². The van der Waals surface area contributed by atoms with E-state index >= 15 is 0 Å². The standard InChI is InChI=1S/C12H11Si.C7H9.2BrH.Hf/c1-3-7-11(8-4-1)13-12-9-5-2-6-10-12;1-6-4-3-5-7(6)2;;;/h1-10,13H;4H,3H2,1-2H3;2*1H;/q;;;;+2/p-2. The number of benzene rings is 2. The van der Waals surface area contributed by atoms with Gasteiger partial charge in [-0.05, 0) is 0 Å². The van der Waals surface area contributed by atoms with E-state index < -0.39 is 28.1 Å². The van der Waals surface area contributed by atoms with E-state index in [9.17, 15) is 0 Å². The second-order valence-corrected chi connectivity index (χ2v) is 19.6. The van der Waals surface area contributed by atoms with E-state index in [4.69, 9.17) is 0 Å². The third-order valence-corrected chi connectivity index (χ3v) is 23.1. The molecule has 0 radical (unpaired) electrons. The summed E-state index contributed by atoms with van der Waals surface area (Å²) in [6.45, 7) is 4.61. The van der Waals surface area contributed by atoms with Crippen LogP contribution in [0.4, 0.5) is 0 Å². The van der Waals surface area contributed by atoms with Gasteiger partial charge >= 0.3 is 140 Å². The molecule has 0 aliphatic heterocycles. The van der Waals surface area contributed by atoms with E-state index in [2.05, 4.69) is 80.6 Å². The Balaban J connectivity index is 0.00000132. The zero-order valence-corrected chi connectivity index (χ0v) is 21.3. The van der Waals surface area contributed by atoms with Crippen molar-refractivity contribution in [3.05, 3.63) is 81.2 Å². The van der Waals surface area contributed by atoms with Crippen LogP contribution >= 0.6 is 0 Å². The van der Waals surface area contributed by atoms with E-state index in [1.165, 1.54) is 12.0 Å². The van der Waals surface area contributed by atoms with E-state index in [-0.39, 0.29) is 34.0 Å². The van der Waals surface area contributed by atoms with Crippen molar-refractivity contribution < 1.29 is 56.0 Å². The molecule has 1 aliphatic rings. The van der Waals surface area contributed by atoms with Crippen LogP contribution in [0.2, 0.25) is 0 Å². The molecule has 0 bridgehead atoms. The number of allylic oxidation sites excluding steroid dienone is 4. The molecule has 0 fully saturated rings.